The fourth-order valence-electron chi connectivity index (χ4n) is 2.39. The molecule has 0 unspecified atom stereocenters. The molecule has 2 aromatic carbocycles. The molecule has 1 amide bonds. The second-order valence-corrected chi connectivity index (χ2v) is 5.79. The Labute approximate surface area is 150 Å². The van der Waals surface area contributed by atoms with Crippen LogP contribution in [0.4, 0.5) is 22.0 Å². The Morgan fingerprint density at radius 2 is 1.70 bits per heavy atom. The van der Waals surface area contributed by atoms with Gasteiger partial charge in [0.15, 0.2) is 11.6 Å². The molecule has 0 bridgehead atoms. The molecule has 9 heteroatoms. The topological polar surface area (TPSA) is 66.4 Å². The Hall–Kier alpha value is -2.97. The molecule has 0 aliphatic carbocycles. The van der Waals surface area contributed by atoms with Gasteiger partial charge >= 0.3 is 12.1 Å². The highest BCUT2D eigenvalue weighted by atomic mass is 19.4. The van der Waals surface area contributed by atoms with Gasteiger partial charge in [-0.05, 0) is 29.3 Å². The summed E-state index contributed by atoms with van der Waals surface area (Å²) < 4.78 is 64.2. The van der Waals surface area contributed by atoms with Crippen LogP contribution in [0.3, 0.4) is 0 Å². The number of nitrogens with one attached hydrogen (secondary N) is 1. The van der Waals surface area contributed by atoms with Gasteiger partial charge < -0.3 is 10.4 Å². The van der Waals surface area contributed by atoms with Gasteiger partial charge in [-0.25, -0.2) is 13.6 Å². The van der Waals surface area contributed by atoms with E-state index in [0.717, 1.165) is 30.3 Å². The molecule has 4 nitrogen and oxygen atoms in total. The van der Waals surface area contributed by atoms with Crippen LogP contribution in [0.15, 0.2) is 42.5 Å². The monoisotopic (exact) mass is 387 g/mol. The Bertz CT molecular complexity index is 851. The summed E-state index contributed by atoms with van der Waals surface area (Å²) in [4.78, 5) is 23.3. The van der Waals surface area contributed by atoms with Gasteiger partial charge in [0.1, 0.15) is 6.04 Å². The third-order valence-electron chi connectivity index (χ3n) is 3.68. The maximum Gasteiger partial charge on any atom is 0.416 e. The van der Waals surface area contributed by atoms with Gasteiger partial charge in [0.2, 0.25) is 5.91 Å². The molecule has 2 aromatic rings. The van der Waals surface area contributed by atoms with Crippen LogP contribution < -0.4 is 5.32 Å². The minimum absolute atomic E-state index is 0.0744. The van der Waals surface area contributed by atoms with E-state index in [0.29, 0.717) is 0 Å². The Morgan fingerprint density at radius 1 is 1.00 bits per heavy atom. The molecule has 0 radical (unpaired) electrons. The van der Waals surface area contributed by atoms with E-state index in [1.807, 2.05) is 0 Å². The van der Waals surface area contributed by atoms with Crippen LogP contribution in [0.1, 0.15) is 16.7 Å². The molecule has 2 N–H and O–H groups in total. The number of aliphatic carboxylic acids is 1. The van der Waals surface area contributed by atoms with Gasteiger partial charge in [0.25, 0.3) is 0 Å². The lowest BCUT2D eigenvalue weighted by Gasteiger charge is -2.16. The summed E-state index contributed by atoms with van der Waals surface area (Å²) in [6, 6.07) is 5.42. The fraction of sp³-hybridized carbons (Fsp3) is 0.222. The van der Waals surface area contributed by atoms with Crippen molar-refractivity contribution in [2.75, 3.05) is 0 Å². The third-order valence-corrected chi connectivity index (χ3v) is 3.68. The Kier molecular flexibility index (Phi) is 6.14. The van der Waals surface area contributed by atoms with Crippen molar-refractivity contribution in [3.8, 4) is 0 Å². The van der Waals surface area contributed by atoms with E-state index < -0.39 is 47.7 Å². The van der Waals surface area contributed by atoms with Crippen LogP contribution in [0.2, 0.25) is 0 Å². The highest BCUT2D eigenvalue weighted by molar-refractivity contribution is 5.85. The van der Waals surface area contributed by atoms with E-state index >= 15 is 0 Å². The highest BCUT2D eigenvalue weighted by Gasteiger charge is 2.31. The van der Waals surface area contributed by atoms with E-state index in [2.05, 4.69) is 5.32 Å². The van der Waals surface area contributed by atoms with Gasteiger partial charge in [-0.15, -0.1) is 0 Å². The molecule has 0 aromatic heterocycles. The molecule has 0 aliphatic rings. The molecule has 0 fully saturated rings. The molecule has 0 spiro atoms. The number of halogens is 5. The minimum atomic E-state index is -4.58. The largest absolute Gasteiger partial charge is 0.480 e. The fourth-order valence-corrected chi connectivity index (χ4v) is 2.39. The molecule has 1 atom stereocenters. The predicted octanol–water partition coefficient (Wildman–Crippen LogP) is 3.34. The lowest BCUT2D eigenvalue weighted by Crippen LogP contribution is -2.43. The molecule has 0 heterocycles. The number of carboxylic acids is 1. The van der Waals surface area contributed by atoms with Crippen LogP contribution in [0.25, 0.3) is 0 Å². The SMILES string of the molecule is O=C(Cc1ccc(F)c(F)c1)N[C@@H](Cc1cccc(C(F)(F)F)c1)C(=O)O. The van der Waals surface area contributed by atoms with Gasteiger partial charge in [0.05, 0.1) is 12.0 Å². The van der Waals surface area contributed by atoms with Gasteiger partial charge in [-0.2, -0.15) is 13.2 Å². The van der Waals surface area contributed by atoms with Crippen LogP contribution in [0, 0.1) is 11.6 Å². The number of benzene rings is 2. The van der Waals surface area contributed by atoms with Crippen molar-refractivity contribution in [3.05, 3.63) is 70.8 Å². The van der Waals surface area contributed by atoms with Crippen LogP contribution >= 0.6 is 0 Å². The number of carbonyl (C=O) groups is 2. The zero-order valence-electron chi connectivity index (χ0n) is 13.7. The van der Waals surface area contributed by atoms with Crippen molar-refractivity contribution < 1.29 is 36.6 Å². The number of amides is 1. The lowest BCUT2D eigenvalue weighted by atomic mass is 10.0. The number of carbonyl (C=O) groups excluding carboxylic acids is 1. The first-order chi connectivity index (χ1) is 12.6. The molecule has 27 heavy (non-hydrogen) atoms. The molecular formula is C18H14F5NO3. The third kappa shape index (κ3) is 5.77. The second kappa shape index (κ2) is 8.15. The normalized spacial score (nSPS) is 12.5. The second-order valence-electron chi connectivity index (χ2n) is 5.79. The molecule has 144 valence electrons. The summed E-state index contributed by atoms with van der Waals surface area (Å²) in [5, 5.41) is 11.4. The van der Waals surface area contributed by atoms with Crippen LogP contribution in [-0.2, 0) is 28.6 Å². The molecule has 0 saturated carbocycles. The van der Waals surface area contributed by atoms with Crippen molar-refractivity contribution >= 4 is 11.9 Å². The summed E-state index contributed by atoms with van der Waals surface area (Å²) in [7, 11) is 0. The van der Waals surface area contributed by atoms with E-state index in [4.69, 9.17) is 0 Å². The number of carboxylic acid groups (broad SMARTS) is 1. The smallest absolute Gasteiger partial charge is 0.416 e. The molecular weight excluding hydrogens is 373 g/mol. The van der Waals surface area contributed by atoms with Crippen molar-refractivity contribution in [1.29, 1.82) is 0 Å². The summed E-state index contributed by atoms with van der Waals surface area (Å²) in [6.07, 6.45) is -5.36. The summed E-state index contributed by atoms with van der Waals surface area (Å²) >= 11 is 0. The quantitative estimate of drug-likeness (QED) is 0.748. The molecule has 0 saturated heterocycles. The molecule has 0 aliphatic heterocycles. The predicted molar refractivity (Wildman–Crippen MR) is 84.8 cm³/mol. The van der Waals surface area contributed by atoms with Gasteiger partial charge in [-0.3, -0.25) is 4.79 Å². The minimum Gasteiger partial charge on any atom is -0.480 e. The van der Waals surface area contributed by atoms with Gasteiger partial charge in [-0.1, -0.05) is 24.3 Å². The zero-order valence-corrected chi connectivity index (χ0v) is 13.7. The number of hydrogen-bond donors (Lipinski definition) is 2. The van der Waals surface area contributed by atoms with Crippen molar-refractivity contribution in [2.24, 2.45) is 0 Å². The number of rotatable bonds is 6. The highest BCUT2D eigenvalue weighted by Crippen LogP contribution is 2.29. The van der Waals surface area contributed by atoms with Crippen molar-refractivity contribution in [3.63, 3.8) is 0 Å². The van der Waals surface area contributed by atoms with Gasteiger partial charge in [0, 0.05) is 6.42 Å². The van der Waals surface area contributed by atoms with E-state index in [9.17, 15) is 36.6 Å². The summed E-state index contributed by atoms with van der Waals surface area (Å²) in [6.45, 7) is 0. The first-order valence-electron chi connectivity index (χ1n) is 7.68. The number of hydrogen-bond acceptors (Lipinski definition) is 2. The van der Waals surface area contributed by atoms with Crippen molar-refractivity contribution in [2.45, 2.75) is 25.1 Å². The summed E-state index contributed by atoms with van der Waals surface area (Å²) in [5.74, 6) is -4.47. The van der Waals surface area contributed by atoms with Crippen molar-refractivity contribution in [1.82, 2.24) is 5.32 Å². The maximum atomic E-state index is 13.1. The number of alkyl halides is 3. The zero-order chi connectivity index (χ0) is 20.2. The first-order valence-corrected chi connectivity index (χ1v) is 7.68. The van der Waals surface area contributed by atoms with Crippen LogP contribution in [0.5, 0.6) is 0 Å². The van der Waals surface area contributed by atoms with E-state index in [1.165, 1.54) is 12.1 Å². The van der Waals surface area contributed by atoms with Crippen LogP contribution in [-0.4, -0.2) is 23.0 Å². The first kappa shape index (κ1) is 20.3. The molecule has 2 rings (SSSR count). The maximum absolute atomic E-state index is 13.1. The Balaban J connectivity index is 2.08. The standard InChI is InChI=1S/C18H14F5NO3/c19-13-5-4-11(7-14(13)20)9-16(25)24-15(17(26)27)8-10-2-1-3-12(6-10)18(21,22)23/h1-7,15H,8-9H2,(H,24,25)(H,26,27)/t15-/m0/s1. The average molecular weight is 387 g/mol. The summed E-state index contributed by atoms with van der Waals surface area (Å²) in [5.41, 5.74) is -0.739. The lowest BCUT2D eigenvalue weighted by molar-refractivity contribution is -0.141. The van der Waals surface area contributed by atoms with E-state index in [1.54, 1.807) is 0 Å². The Morgan fingerprint density at radius 3 is 2.30 bits per heavy atom. The average Bonchev–Trinajstić information content (AvgIpc) is 2.57. The van der Waals surface area contributed by atoms with E-state index in [-0.39, 0.29) is 17.5 Å².